The second-order valence-corrected chi connectivity index (χ2v) is 8.69. The Morgan fingerprint density at radius 1 is 0.903 bits per heavy atom. The maximum Gasteiger partial charge on any atom is 0.279 e. The maximum absolute atomic E-state index is 12.6. The number of piperidine rings is 1. The number of carbonyl (C=O) groups is 2. The van der Waals surface area contributed by atoms with Crippen molar-refractivity contribution in [2.24, 2.45) is 5.92 Å². The Morgan fingerprint density at radius 2 is 1.55 bits per heavy atom. The Kier molecular flexibility index (Phi) is 6.87. The first-order valence-electron chi connectivity index (χ1n) is 11.3. The third kappa shape index (κ3) is 5.44. The lowest BCUT2D eigenvalue weighted by molar-refractivity contribution is -0.928. The van der Waals surface area contributed by atoms with Crippen LogP contribution in [0, 0.1) is 5.92 Å². The van der Waals surface area contributed by atoms with Crippen molar-refractivity contribution < 1.29 is 19.2 Å². The Hall–Kier alpha value is -2.86. The van der Waals surface area contributed by atoms with Gasteiger partial charge in [0.15, 0.2) is 6.54 Å². The first kappa shape index (κ1) is 21.4. The highest BCUT2D eigenvalue weighted by atomic mass is 16.5. The molecule has 1 saturated heterocycles. The van der Waals surface area contributed by atoms with Crippen molar-refractivity contribution in [3.05, 3.63) is 54.1 Å². The summed E-state index contributed by atoms with van der Waals surface area (Å²) in [7, 11) is 1.61. The second-order valence-electron chi connectivity index (χ2n) is 8.69. The van der Waals surface area contributed by atoms with Gasteiger partial charge in [0.1, 0.15) is 5.75 Å². The lowest BCUT2D eigenvalue weighted by atomic mass is 9.78. The van der Waals surface area contributed by atoms with Crippen molar-refractivity contribution in [3.63, 3.8) is 0 Å². The van der Waals surface area contributed by atoms with Gasteiger partial charge >= 0.3 is 0 Å². The molecule has 3 atom stereocenters. The van der Waals surface area contributed by atoms with E-state index in [9.17, 15) is 9.59 Å². The molecule has 2 fully saturated rings. The van der Waals surface area contributed by atoms with Crippen LogP contribution in [0.5, 0.6) is 5.75 Å². The molecule has 164 valence electrons. The van der Waals surface area contributed by atoms with Crippen LogP contribution >= 0.6 is 0 Å². The number of anilines is 2. The SMILES string of the molecule is COc1ccc(NC(=O)c2ccc(NC(=O)C[NH+]3CCC[C@@H]4CCCC[C@@H]43)cc2)cc1. The minimum absolute atomic E-state index is 0.0525. The number of nitrogens with one attached hydrogen (secondary N) is 3. The number of hydrogen-bond donors (Lipinski definition) is 3. The number of ether oxygens (including phenoxy) is 1. The van der Waals surface area contributed by atoms with E-state index in [4.69, 9.17) is 4.74 Å². The minimum Gasteiger partial charge on any atom is -0.497 e. The first-order valence-corrected chi connectivity index (χ1v) is 11.3. The van der Waals surface area contributed by atoms with Gasteiger partial charge in [-0.05, 0) is 80.6 Å². The topological polar surface area (TPSA) is 71.9 Å². The fourth-order valence-corrected chi connectivity index (χ4v) is 5.08. The molecule has 6 nitrogen and oxygen atoms in total. The number of quaternary nitrogens is 1. The van der Waals surface area contributed by atoms with E-state index in [1.54, 1.807) is 55.6 Å². The smallest absolute Gasteiger partial charge is 0.279 e. The predicted octanol–water partition coefficient (Wildman–Crippen LogP) is 3.12. The van der Waals surface area contributed by atoms with E-state index >= 15 is 0 Å². The quantitative estimate of drug-likeness (QED) is 0.670. The Balaban J connectivity index is 1.30. The molecule has 3 N–H and O–H groups in total. The normalized spacial score (nSPS) is 22.8. The highest BCUT2D eigenvalue weighted by Crippen LogP contribution is 2.28. The number of benzene rings is 2. The van der Waals surface area contributed by atoms with Crippen molar-refractivity contribution >= 4 is 23.2 Å². The van der Waals surface area contributed by atoms with Gasteiger partial charge < -0.3 is 20.3 Å². The molecule has 0 aromatic heterocycles. The van der Waals surface area contributed by atoms with Crippen molar-refractivity contribution in [1.29, 1.82) is 0 Å². The zero-order chi connectivity index (χ0) is 21.6. The molecule has 2 aromatic carbocycles. The third-order valence-electron chi connectivity index (χ3n) is 6.67. The summed E-state index contributed by atoms with van der Waals surface area (Å²) in [6.45, 7) is 1.62. The zero-order valence-electron chi connectivity index (χ0n) is 18.2. The van der Waals surface area contributed by atoms with Crippen LogP contribution in [-0.2, 0) is 4.79 Å². The standard InChI is InChI=1S/C25H31N3O3/c1-31-22-14-12-21(13-15-22)27-25(30)19-8-10-20(11-9-19)26-24(29)17-28-16-4-6-18-5-2-3-7-23(18)28/h8-15,18,23H,2-7,16-17H2,1H3,(H,26,29)(H,27,30)/p+1/t18-,23-/m0/s1. The van der Waals surface area contributed by atoms with E-state index in [0.29, 0.717) is 23.8 Å². The monoisotopic (exact) mass is 422 g/mol. The molecule has 4 rings (SSSR count). The highest BCUT2D eigenvalue weighted by molar-refractivity contribution is 6.04. The zero-order valence-corrected chi connectivity index (χ0v) is 18.2. The molecule has 6 heteroatoms. The number of methoxy groups -OCH3 is 1. The summed E-state index contributed by atoms with van der Waals surface area (Å²) in [4.78, 5) is 26.6. The summed E-state index contributed by atoms with van der Waals surface area (Å²) in [6, 6.07) is 14.9. The van der Waals surface area contributed by atoms with Crippen LogP contribution in [0.1, 0.15) is 48.9 Å². The largest absolute Gasteiger partial charge is 0.497 e. The molecule has 0 bridgehead atoms. The molecule has 1 unspecified atom stereocenters. The number of rotatable bonds is 6. The van der Waals surface area contributed by atoms with Crippen molar-refractivity contribution in [3.8, 4) is 5.75 Å². The Bertz CT molecular complexity index is 893. The number of hydrogen-bond acceptors (Lipinski definition) is 3. The summed E-state index contributed by atoms with van der Waals surface area (Å²) in [5.74, 6) is 1.40. The number of amides is 2. The van der Waals surface area contributed by atoms with Crippen LogP contribution in [0.4, 0.5) is 11.4 Å². The molecular weight excluding hydrogens is 390 g/mol. The van der Waals surface area contributed by atoms with Gasteiger partial charge in [0.25, 0.3) is 11.8 Å². The summed E-state index contributed by atoms with van der Waals surface area (Å²) >= 11 is 0. The summed E-state index contributed by atoms with van der Waals surface area (Å²) in [5.41, 5.74) is 1.97. The fraction of sp³-hybridized carbons (Fsp3) is 0.440. The van der Waals surface area contributed by atoms with Crippen molar-refractivity contribution in [2.45, 2.75) is 44.6 Å². The molecular formula is C25H32N3O3+. The van der Waals surface area contributed by atoms with Crippen molar-refractivity contribution in [1.82, 2.24) is 0 Å². The van der Waals surface area contributed by atoms with E-state index < -0.39 is 0 Å². The van der Waals surface area contributed by atoms with E-state index in [2.05, 4.69) is 10.6 Å². The van der Waals surface area contributed by atoms with Crippen molar-refractivity contribution in [2.75, 3.05) is 30.8 Å². The first-order chi connectivity index (χ1) is 15.1. The van der Waals surface area contributed by atoms with E-state index in [0.717, 1.165) is 23.9 Å². The summed E-state index contributed by atoms with van der Waals surface area (Å²) < 4.78 is 5.13. The molecule has 2 aromatic rings. The molecule has 2 aliphatic rings. The third-order valence-corrected chi connectivity index (χ3v) is 6.67. The molecule has 1 aliphatic carbocycles. The molecule has 0 spiro atoms. The Morgan fingerprint density at radius 3 is 2.29 bits per heavy atom. The van der Waals surface area contributed by atoms with Crippen LogP contribution in [0.15, 0.2) is 48.5 Å². The van der Waals surface area contributed by atoms with E-state index in [1.807, 2.05) is 0 Å². The highest BCUT2D eigenvalue weighted by Gasteiger charge is 2.37. The van der Waals surface area contributed by atoms with Gasteiger partial charge in [-0.2, -0.15) is 0 Å². The lowest BCUT2D eigenvalue weighted by Gasteiger charge is -2.40. The maximum atomic E-state index is 12.6. The number of carbonyl (C=O) groups excluding carboxylic acids is 2. The second kappa shape index (κ2) is 9.96. The van der Waals surface area contributed by atoms with Gasteiger partial charge in [0, 0.05) is 22.9 Å². The van der Waals surface area contributed by atoms with Gasteiger partial charge in [-0.25, -0.2) is 0 Å². The van der Waals surface area contributed by atoms with Crippen LogP contribution in [0.25, 0.3) is 0 Å². The summed E-state index contributed by atoms with van der Waals surface area (Å²) in [6.07, 6.45) is 7.78. The van der Waals surface area contributed by atoms with Crippen LogP contribution in [0.3, 0.4) is 0 Å². The van der Waals surface area contributed by atoms with Gasteiger partial charge in [-0.1, -0.05) is 6.42 Å². The molecule has 1 aliphatic heterocycles. The number of fused-ring (bicyclic) bond motifs is 1. The summed E-state index contributed by atoms with van der Waals surface area (Å²) in [5, 5.41) is 5.87. The van der Waals surface area contributed by atoms with Crippen LogP contribution in [0.2, 0.25) is 0 Å². The van der Waals surface area contributed by atoms with Crippen LogP contribution in [-0.4, -0.2) is 38.1 Å². The van der Waals surface area contributed by atoms with E-state index in [-0.39, 0.29) is 11.8 Å². The lowest BCUT2D eigenvalue weighted by Crippen LogP contribution is -3.18. The average molecular weight is 423 g/mol. The predicted molar refractivity (Wildman–Crippen MR) is 122 cm³/mol. The molecule has 31 heavy (non-hydrogen) atoms. The van der Waals surface area contributed by atoms with E-state index in [1.165, 1.54) is 43.4 Å². The van der Waals surface area contributed by atoms with Gasteiger partial charge in [0.05, 0.1) is 19.7 Å². The number of likely N-dealkylation sites (tertiary alicyclic amines) is 1. The van der Waals surface area contributed by atoms with Gasteiger partial charge in [-0.3, -0.25) is 9.59 Å². The minimum atomic E-state index is -0.191. The van der Waals surface area contributed by atoms with Crippen LogP contribution < -0.4 is 20.3 Å². The average Bonchev–Trinajstić information content (AvgIpc) is 2.80. The molecule has 2 amide bonds. The molecule has 0 radical (unpaired) electrons. The Labute approximate surface area is 184 Å². The fourth-order valence-electron chi connectivity index (χ4n) is 5.08. The molecule has 1 saturated carbocycles. The van der Waals surface area contributed by atoms with Gasteiger partial charge in [0.2, 0.25) is 0 Å². The van der Waals surface area contributed by atoms with Gasteiger partial charge in [-0.15, -0.1) is 0 Å². The molecule has 1 heterocycles.